The third-order valence-corrected chi connectivity index (χ3v) is 2.81. The lowest BCUT2D eigenvalue weighted by Crippen LogP contribution is -2.40. The number of amides is 1. The maximum absolute atomic E-state index is 11.7. The van der Waals surface area contributed by atoms with Crippen molar-refractivity contribution in [1.29, 1.82) is 0 Å². The molecule has 0 aliphatic carbocycles. The Kier molecular flexibility index (Phi) is 4.11. The molecule has 1 aliphatic rings. The zero-order valence-electron chi connectivity index (χ0n) is 9.76. The van der Waals surface area contributed by atoms with Crippen LogP contribution in [0.1, 0.15) is 18.5 Å². The average molecular weight is 238 g/mol. The van der Waals surface area contributed by atoms with E-state index in [4.69, 9.17) is 10.5 Å². The number of imidazole rings is 1. The Morgan fingerprint density at radius 3 is 3.00 bits per heavy atom. The summed E-state index contributed by atoms with van der Waals surface area (Å²) in [6, 6.07) is 0.244. The third-order valence-electron chi connectivity index (χ3n) is 2.81. The van der Waals surface area contributed by atoms with Crippen molar-refractivity contribution in [3.63, 3.8) is 0 Å². The maximum Gasteiger partial charge on any atom is 0.240 e. The van der Waals surface area contributed by atoms with E-state index in [1.54, 1.807) is 17.1 Å². The second-order valence-corrected chi connectivity index (χ2v) is 4.20. The van der Waals surface area contributed by atoms with Crippen molar-refractivity contribution in [3.8, 4) is 0 Å². The van der Waals surface area contributed by atoms with Crippen LogP contribution in [0.3, 0.4) is 0 Å². The minimum Gasteiger partial charge on any atom is -0.381 e. The van der Waals surface area contributed by atoms with Crippen LogP contribution in [0.15, 0.2) is 12.5 Å². The third kappa shape index (κ3) is 3.54. The van der Waals surface area contributed by atoms with Gasteiger partial charge >= 0.3 is 0 Å². The van der Waals surface area contributed by atoms with Gasteiger partial charge in [-0.3, -0.25) is 4.79 Å². The van der Waals surface area contributed by atoms with E-state index >= 15 is 0 Å². The van der Waals surface area contributed by atoms with Gasteiger partial charge in [0.05, 0.1) is 12.0 Å². The van der Waals surface area contributed by atoms with Crippen molar-refractivity contribution in [3.05, 3.63) is 18.2 Å². The Labute approximate surface area is 100 Å². The van der Waals surface area contributed by atoms with E-state index in [2.05, 4.69) is 10.3 Å². The molecule has 0 unspecified atom stereocenters. The highest BCUT2D eigenvalue weighted by atomic mass is 16.5. The first kappa shape index (κ1) is 12.1. The van der Waals surface area contributed by atoms with E-state index in [0.29, 0.717) is 13.1 Å². The molecule has 0 saturated carbocycles. The van der Waals surface area contributed by atoms with Crippen LogP contribution >= 0.6 is 0 Å². The summed E-state index contributed by atoms with van der Waals surface area (Å²) in [5.74, 6) is 0.0119. The molecule has 6 heteroatoms. The van der Waals surface area contributed by atoms with Crippen molar-refractivity contribution in [2.45, 2.75) is 32.0 Å². The molecule has 1 aromatic heterocycles. The maximum atomic E-state index is 11.7. The van der Waals surface area contributed by atoms with Crippen LogP contribution in [0.2, 0.25) is 0 Å². The molecule has 6 nitrogen and oxygen atoms in total. The van der Waals surface area contributed by atoms with Gasteiger partial charge in [0.1, 0.15) is 6.54 Å². The van der Waals surface area contributed by atoms with Gasteiger partial charge in [-0.15, -0.1) is 0 Å². The molecule has 1 fully saturated rings. The Bertz CT molecular complexity index is 371. The summed E-state index contributed by atoms with van der Waals surface area (Å²) in [6.07, 6.45) is 5.21. The summed E-state index contributed by atoms with van der Waals surface area (Å²) in [5.41, 5.74) is 6.25. The molecule has 2 rings (SSSR count). The van der Waals surface area contributed by atoms with Crippen molar-refractivity contribution < 1.29 is 9.53 Å². The van der Waals surface area contributed by atoms with Gasteiger partial charge in [-0.25, -0.2) is 4.98 Å². The summed E-state index contributed by atoms with van der Waals surface area (Å²) in [5, 5.41) is 3.00. The quantitative estimate of drug-likeness (QED) is 0.750. The van der Waals surface area contributed by atoms with Gasteiger partial charge in [0.2, 0.25) is 5.91 Å². The lowest BCUT2D eigenvalue weighted by atomic mass is 10.1. The zero-order chi connectivity index (χ0) is 12.1. The number of hydrogen-bond acceptors (Lipinski definition) is 4. The number of hydrogen-bond donors (Lipinski definition) is 2. The number of rotatable bonds is 4. The van der Waals surface area contributed by atoms with Crippen molar-refractivity contribution in [2.24, 2.45) is 5.73 Å². The Balaban J connectivity index is 1.79. The van der Waals surface area contributed by atoms with Crippen LogP contribution < -0.4 is 11.1 Å². The molecule has 0 radical (unpaired) electrons. The van der Waals surface area contributed by atoms with Gasteiger partial charge in [0.25, 0.3) is 0 Å². The van der Waals surface area contributed by atoms with E-state index in [-0.39, 0.29) is 11.9 Å². The molecule has 1 amide bonds. The first-order valence-corrected chi connectivity index (χ1v) is 5.86. The molecule has 3 N–H and O–H groups in total. The minimum absolute atomic E-state index is 0.0119. The van der Waals surface area contributed by atoms with Crippen LogP contribution in [0, 0.1) is 0 Å². The molecule has 0 aromatic carbocycles. The van der Waals surface area contributed by atoms with Gasteiger partial charge in [-0.1, -0.05) is 0 Å². The van der Waals surface area contributed by atoms with Crippen LogP contribution in [0.25, 0.3) is 0 Å². The van der Waals surface area contributed by atoms with E-state index in [1.165, 1.54) is 0 Å². The first-order valence-electron chi connectivity index (χ1n) is 5.86. The largest absolute Gasteiger partial charge is 0.381 e. The normalized spacial score (nSPS) is 17.0. The van der Waals surface area contributed by atoms with Gasteiger partial charge in [0.15, 0.2) is 0 Å². The summed E-state index contributed by atoms with van der Waals surface area (Å²) < 4.78 is 6.98. The molecule has 2 heterocycles. The number of ether oxygens (including phenoxy) is 1. The smallest absolute Gasteiger partial charge is 0.240 e. The predicted molar refractivity (Wildman–Crippen MR) is 62.1 cm³/mol. The molecule has 0 atom stereocenters. The highest BCUT2D eigenvalue weighted by Crippen LogP contribution is 2.06. The molecule has 1 aliphatic heterocycles. The molecule has 0 bridgehead atoms. The lowest BCUT2D eigenvalue weighted by molar-refractivity contribution is -0.122. The molecular weight excluding hydrogens is 220 g/mol. The van der Waals surface area contributed by atoms with Crippen molar-refractivity contribution >= 4 is 5.91 Å². The second kappa shape index (κ2) is 5.79. The Morgan fingerprint density at radius 1 is 1.59 bits per heavy atom. The summed E-state index contributed by atoms with van der Waals surface area (Å²) in [4.78, 5) is 15.8. The molecule has 17 heavy (non-hydrogen) atoms. The zero-order valence-corrected chi connectivity index (χ0v) is 9.76. The first-order chi connectivity index (χ1) is 8.28. The molecule has 94 valence electrons. The summed E-state index contributed by atoms with van der Waals surface area (Å²) >= 11 is 0. The minimum atomic E-state index is 0.0119. The fourth-order valence-electron chi connectivity index (χ4n) is 1.88. The van der Waals surface area contributed by atoms with Crippen LogP contribution in [0.5, 0.6) is 0 Å². The molecule has 1 aromatic rings. The number of carbonyl (C=O) groups is 1. The second-order valence-electron chi connectivity index (χ2n) is 4.20. The molecule has 0 spiro atoms. The van der Waals surface area contributed by atoms with E-state index in [1.807, 2.05) is 0 Å². The van der Waals surface area contributed by atoms with Crippen LogP contribution in [0.4, 0.5) is 0 Å². The molecule has 1 saturated heterocycles. The average Bonchev–Trinajstić information content (AvgIpc) is 2.78. The SMILES string of the molecule is NCc1cn(CC(=O)NC2CCOCC2)cn1. The fourth-order valence-corrected chi connectivity index (χ4v) is 1.88. The highest BCUT2D eigenvalue weighted by molar-refractivity contribution is 5.76. The molecular formula is C11H18N4O2. The van der Waals surface area contributed by atoms with Gasteiger partial charge in [-0.05, 0) is 12.8 Å². The van der Waals surface area contributed by atoms with E-state index in [9.17, 15) is 4.79 Å². The number of nitrogens with one attached hydrogen (secondary N) is 1. The van der Waals surface area contributed by atoms with Crippen molar-refractivity contribution in [1.82, 2.24) is 14.9 Å². The Hall–Kier alpha value is -1.40. The van der Waals surface area contributed by atoms with Crippen LogP contribution in [-0.4, -0.2) is 34.7 Å². The predicted octanol–water partition coefficient (Wildman–Crippen LogP) is -0.363. The van der Waals surface area contributed by atoms with Gasteiger partial charge < -0.3 is 20.4 Å². The van der Waals surface area contributed by atoms with Gasteiger partial charge in [0, 0.05) is 32.0 Å². The number of aromatic nitrogens is 2. The van der Waals surface area contributed by atoms with Crippen molar-refractivity contribution in [2.75, 3.05) is 13.2 Å². The lowest BCUT2D eigenvalue weighted by Gasteiger charge is -2.23. The van der Waals surface area contributed by atoms with Gasteiger partial charge in [-0.2, -0.15) is 0 Å². The number of carbonyl (C=O) groups excluding carboxylic acids is 1. The topological polar surface area (TPSA) is 82.2 Å². The monoisotopic (exact) mass is 238 g/mol. The number of nitrogens with zero attached hydrogens (tertiary/aromatic N) is 2. The Morgan fingerprint density at radius 2 is 2.35 bits per heavy atom. The van der Waals surface area contributed by atoms with Crippen LogP contribution in [-0.2, 0) is 22.6 Å². The summed E-state index contributed by atoms with van der Waals surface area (Å²) in [6.45, 7) is 2.15. The standard InChI is InChI=1S/C11H18N4O2/c12-5-10-6-15(8-13-10)7-11(16)14-9-1-3-17-4-2-9/h6,8-9H,1-5,7,12H2,(H,14,16). The van der Waals surface area contributed by atoms with E-state index in [0.717, 1.165) is 31.7 Å². The fraction of sp³-hybridized carbons (Fsp3) is 0.636. The van der Waals surface area contributed by atoms with E-state index < -0.39 is 0 Å². The highest BCUT2D eigenvalue weighted by Gasteiger charge is 2.16. The summed E-state index contributed by atoms with van der Waals surface area (Å²) in [7, 11) is 0. The number of nitrogens with two attached hydrogens (primary N) is 1.